The Morgan fingerprint density at radius 1 is 1.53 bits per heavy atom. The lowest BCUT2D eigenvalue weighted by Gasteiger charge is -2.05. The van der Waals surface area contributed by atoms with Crippen molar-refractivity contribution in [3.8, 4) is 0 Å². The smallest absolute Gasteiger partial charge is 0.241 e. The van der Waals surface area contributed by atoms with E-state index in [-0.39, 0.29) is 0 Å². The van der Waals surface area contributed by atoms with Gasteiger partial charge in [-0.15, -0.1) is 11.3 Å². The molecule has 104 valence electrons. The molecule has 0 spiro atoms. The average Bonchev–Trinajstić information content (AvgIpc) is 2.94. The SMILES string of the molecule is Cc1sc(Br)cc1S(=O)(=O)NCCCc1ncc[nH]1. The fourth-order valence-electron chi connectivity index (χ4n) is 1.67. The number of hydrogen-bond acceptors (Lipinski definition) is 4. The zero-order valence-corrected chi connectivity index (χ0v) is 13.5. The molecule has 2 heterocycles. The number of rotatable bonds is 6. The van der Waals surface area contributed by atoms with Crippen molar-refractivity contribution >= 4 is 37.3 Å². The summed E-state index contributed by atoms with van der Waals surface area (Å²) in [5, 5.41) is 0. The van der Waals surface area contributed by atoms with Gasteiger partial charge in [0.25, 0.3) is 0 Å². The summed E-state index contributed by atoms with van der Waals surface area (Å²) in [6.45, 7) is 2.20. The van der Waals surface area contributed by atoms with Gasteiger partial charge >= 0.3 is 0 Å². The Morgan fingerprint density at radius 2 is 2.32 bits per heavy atom. The lowest BCUT2D eigenvalue weighted by molar-refractivity contribution is 0.578. The molecule has 2 aromatic heterocycles. The van der Waals surface area contributed by atoms with Gasteiger partial charge in [-0.25, -0.2) is 18.1 Å². The lowest BCUT2D eigenvalue weighted by atomic mass is 10.3. The molecule has 0 aliphatic heterocycles. The van der Waals surface area contributed by atoms with Crippen molar-refractivity contribution in [3.05, 3.63) is 32.9 Å². The molecule has 0 amide bonds. The molecule has 0 bridgehead atoms. The zero-order valence-electron chi connectivity index (χ0n) is 10.3. The topological polar surface area (TPSA) is 74.8 Å². The van der Waals surface area contributed by atoms with Crippen molar-refractivity contribution in [2.75, 3.05) is 6.54 Å². The minimum absolute atomic E-state index is 0.349. The molecule has 8 heteroatoms. The van der Waals surface area contributed by atoms with Gasteiger partial charge in [-0.05, 0) is 35.3 Å². The van der Waals surface area contributed by atoms with E-state index in [2.05, 4.69) is 30.6 Å². The van der Waals surface area contributed by atoms with E-state index < -0.39 is 10.0 Å². The predicted molar refractivity (Wildman–Crippen MR) is 78.9 cm³/mol. The summed E-state index contributed by atoms with van der Waals surface area (Å²) in [4.78, 5) is 8.21. The van der Waals surface area contributed by atoms with Gasteiger partial charge in [0.05, 0.1) is 8.68 Å². The molecule has 0 radical (unpaired) electrons. The van der Waals surface area contributed by atoms with Crippen LogP contribution in [0.25, 0.3) is 0 Å². The van der Waals surface area contributed by atoms with Crippen molar-refractivity contribution in [1.29, 1.82) is 0 Å². The molecule has 0 aromatic carbocycles. The van der Waals surface area contributed by atoms with Crippen molar-refractivity contribution < 1.29 is 8.42 Å². The van der Waals surface area contributed by atoms with Crippen LogP contribution in [0.1, 0.15) is 17.1 Å². The first-order valence-electron chi connectivity index (χ1n) is 5.73. The Bertz CT molecular complexity index is 635. The van der Waals surface area contributed by atoms with Crippen molar-refractivity contribution in [2.24, 2.45) is 0 Å². The minimum atomic E-state index is -3.41. The average molecular weight is 364 g/mol. The maximum absolute atomic E-state index is 12.1. The van der Waals surface area contributed by atoms with E-state index in [1.807, 2.05) is 0 Å². The van der Waals surface area contributed by atoms with Gasteiger partial charge in [-0.1, -0.05) is 0 Å². The maximum atomic E-state index is 12.1. The van der Waals surface area contributed by atoms with Crippen LogP contribution in [0.4, 0.5) is 0 Å². The van der Waals surface area contributed by atoms with Crippen LogP contribution in [0.15, 0.2) is 27.1 Å². The van der Waals surface area contributed by atoms with Crippen molar-refractivity contribution in [3.63, 3.8) is 0 Å². The molecule has 0 fully saturated rings. The standard InChI is InChI=1S/C11H14BrN3O2S2/c1-8-9(7-10(12)18-8)19(16,17)15-4-2-3-11-13-5-6-14-11/h5-7,15H,2-4H2,1H3,(H,13,14). The second-order valence-corrected chi connectivity index (χ2v) is 8.38. The van der Waals surface area contributed by atoms with Crippen LogP contribution in [0, 0.1) is 6.92 Å². The maximum Gasteiger partial charge on any atom is 0.241 e. The van der Waals surface area contributed by atoms with E-state index in [1.54, 1.807) is 25.4 Å². The first kappa shape index (κ1) is 14.7. The Labute approximate surface area is 124 Å². The highest BCUT2D eigenvalue weighted by atomic mass is 79.9. The summed E-state index contributed by atoms with van der Waals surface area (Å²) < 4.78 is 27.6. The second-order valence-electron chi connectivity index (χ2n) is 4.01. The number of H-pyrrole nitrogens is 1. The summed E-state index contributed by atoms with van der Waals surface area (Å²) in [6, 6.07) is 1.63. The number of sulfonamides is 1. The number of imidazole rings is 1. The number of nitrogens with one attached hydrogen (secondary N) is 2. The Hall–Kier alpha value is -0.700. The summed E-state index contributed by atoms with van der Waals surface area (Å²) in [6.07, 6.45) is 4.87. The third kappa shape index (κ3) is 3.88. The van der Waals surface area contributed by atoms with E-state index in [1.165, 1.54) is 11.3 Å². The van der Waals surface area contributed by atoms with Gasteiger partial charge < -0.3 is 4.98 Å². The molecule has 19 heavy (non-hydrogen) atoms. The van der Waals surface area contributed by atoms with Crippen LogP contribution < -0.4 is 4.72 Å². The van der Waals surface area contributed by atoms with Gasteiger partial charge in [0.15, 0.2) is 0 Å². The first-order valence-corrected chi connectivity index (χ1v) is 8.82. The second kappa shape index (κ2) is 6.17. The third-order valence-corrected chi connectivity index (χ3v) is 5.84. The summed E-state index contributed by atoms with van der Waals surface area (Å²) >= 11 is 4.71. The minimum Gasteiger partial charge on any atom is -0.349 e. The van der Waals surface area contributed by atoms with Gasteiger partial charge in [-0.3, -0.25) is 0 Å². The van der Waals surface area contributed by atoms with E-state index in [0.29, 0.717) is 17.9 Å². The molecule has 0 saturated heterocycles. The number of nitrogens with zero attached hydrogens (tertiary/aromatic N) is 1. The van der Waals surface area contributed by atoms with Crippen molar-refractivity contribution in [1.82, 2.24) is 14.7 Å². The van der Waals surface area contributed by atoms with Gasteiger partial charge in [0.1, 0.15) is 5.82 Å². The van der Waals surface area contributed by atoms with Crippen molar-refractivity contribution in [2.45, 2.75) is 24.7 Å². The van der Waals surface area contributed by atoms with E-state index in [0.717, 1.165) is 20.9 Å². The normalized spacial score (nSPS) is 11.9. The highest BCUT2D eigenvalue weighted by molar-refractivity contribution is 9.11. The molecule has 2 N–H and O–H groups in total. The Morgan fingerprint density at radius 3 is 2.89 bits per heavy atom. The molecular weight excluding hydrogens is 350 g/mol. The molecular formula is C11H14BrN3O2S2. The molecule has 2 aromatic rings. The van der Waals surface area contributed by atoms with E-state index in [4.69, 9.17) is 0 Å². The fourth-order valence-corrected chi connectivity index (χ4v) is 5.16. The highest BCUT2D eigenvalue weighted by Gasteiger charge is 2.18. The van der Waals surface area contributed by atoms with Gasteiger partial charge in [-0.2, -0.15) is 0 Å². The van der Waals surface area contributed by atoms with Crippen LogP contribution >= 0.6 is 27.3 Å². The summed E-state index contributed by atoms with van der Waals surface area (Å²) in [5.41, 5.74) is 0. The number of hydrogen-bond donors (Lipinski definition) is 2. The van der Waals surface area contributed by atoms with E-state index >= 15 is 0 Å². The van der Waals surface area contributed by atoms with Gasteiger partial charge in [0, 0.05) is 30.2 Å². The molecule has 0 aliphatic carbocycles. The largest absolute Gasteiger partial charge is 0.349 e. The van der Waals surface area contributed by atoms with Crippen LogP contribution in [0.2, 0.25) is 0 Å². The van der Waals surface area contributed by atoms with Crippen LogP contribution in [0.5, 0.6) is 0 Å². The Balaban J connectivity index is 1.89. The van der Waals surface area contributed by atoms with Crippen LogP contribution in [0.3, 0.4) is 0 Å². The lowest BCUT2D eigenvalue weighted by Crippen LogP contribution is -2.25. The van der Waals surface area contributed by atoms with Gasteiger partial charge in [0.2, 0.25) is 10.0 Å². The molecule has 0 unspecified atom stereocenters. The summed E-state index contributed by atoms with van der Waals surface area (Å²) in [7, 11) is -3.41. The number of aromatic amines is 1. The molecule has 5 nitrogen and oxygen atoms in total. The van der Waals surface area contributed by atoms with Crippen LogP contribution in [-0.4, -0.2) is 24.9 Å². The number of thiophene rings is 1. The number of halogens is 1. The summed E-state index contributed by atoms with van der Waals surface area (Å²) in [5.74, 6) is 0.869. The molecule has 0 atom stereocenters. The number of aryl methyl sites for hydroxylation is 2. The first-order chi connectivity index (χ1) is 8.99. The van der Waals surface area contributed by atoms with Crippen LogP contribution in [-0.2, 0) is 16.4 Å². The molecule has 0 aliphatic rings. The highest BCUT2D eigenvalue weighted by Crippen LogP contribution is 2.29. The van der Waals surface area contributed by atoms with E-state index in [9.17, 15) is 8.42 Å². The third-order valence-electron chi connectivity index (χ3n) is 2.57. The molecule has 2 rings (SSSR count). The quantitative estimate of drug-likeness (QED) is 0.774. The fraction of sp³-hybridized carbons (Fsp3) is 0.364. The monoisotopic (exact) mass is 363 g/mol. The predicted octanol–water partition coefficient (Wildman–Crippen LogP) is 2.45. The Kier molecular flexibility index (Phi) is 4.77. The molecule has 0 saturated carbocycles. The number of aromatic nitrogens is 2. The zero-order chi connectivity index (χ0) is 13.9.